The minimum Gasteiger partial charge on any atom is -0.381 e. The van der Waals surface area contributed by atoms with Gasteiger partial charge in [-0.05, 0) is 37.6 Å². The summed E-state index contributed by atoms with van der Waals surface area (Å²) in [5, 5.41) is 15.3. The molecule has 1 aliphatic rings. The van der Waals surface area contributed by atoms with Crippen molar-refractivity contribution in [2.24, 2.45) is 0 Å². The number of nitriles is 1. The topological polar surface area (TPSA) is 47.9 Å². The van der Waals surface area contributed by atoms with Gasteiger partial charge in [-0.1, -0.05) is 6.42 Å². The van der Waals surface area contributed by atoms with Gasteiger partial charge in [-0.25, -0.2) is 0 Å². The van der Waals surface area contributed by atoms with E-state index in [2.05, 4.69) is 10.6 Å². The van der Waals surface area contributed by atoms with Crippen molar-refractivity contribution in [3.8, 4) is 6.07 Å². The van der Waals surface area contributed by atoms with Gasteiger partial charge in [0.15, 0.2) is 0 Å². The first-order chi connectivity index (χ1) is 9.50. The number of rotatable bonds is 2. The van der Waals surface area contributed by atoms with E-state index in [0.717, 1.165) is 38.4 Å². The minimum absolute atomic E-state index is 0.181. The first-order valence-corrected chi connectivity index (χ1v) is 6.59. The second kappa shape index (κ2) is 6.14. The highest BCUT2D eigenvalue weighted by Gasteiger charge is 2.33. The molecule has 1 unspecified atom stereocenters. The molecule has 1 atom stereocenters. The number of nitrogens with one attached hydrogen (secondary N) is 2. The van der Waals surface area contributed by atoms with E-state index >= 15 is 0 Å². The molecule has 0 spiro atoms. The molecule has 2 N–H and O–H groups in total. The van der Waals surface area contributed by atoms with Crippen molar-refractivity contribution in [1.29, 1.82) is 5.26 Å². The van der Waals surface area contributed by atoms with Crippen LogP contribution in [-0.4, -0.2) is 19.1 Å². The van der Waals surface area contributed by atoms with Gasteiger partial charge in [0.2, 0.25) is 0 Å². The zero-order valence-corrected chi connectivity index (χ0v) is 10.9. The molecule has 0 bridgehead atoms. The average Bonchev–Trinajstić information content (AvgIpc) is 2.66. The van der Waals surface area contributed by atoms with Crippen LogP contribution in [0.4, 0.5) is 18.9 Å². The van der Waals surface area contributed by atoms with Gasteiger partial charge in [0.1, 0.15) is 0 Å². The molecule has 1 aliphatic heterocycles. The number of nitrogens with zero attached hydrogens (tertiary/aromatic N) is 1. The molecule has 0 amide bonds. The second-order valence-corrected chi connectivity index (χ2v) is 4.91. The summed E-state index contributed by atoms with van der Waals surface area (Å²) in [7, 11) is 0. The lowest BCUT2D eigenvalue weighted by Crippen LogP contribution is -2.30. The number of anilines is 1. The molecule has 1 aromatic carbocycles. The molecule has 108 valence electrons. The maximum absolute atomic E-state index is 12.7. The quantitative estimate of drug-likeness (QED) is 0.876. The van der Waals surface area contributed by atoms with Gasteiger partial charge in [-0.15, -0.1) is 0 Å². The molecule has 1 fully saturated rings. The molecule has 0 saturated carbocycles. The molecule has 0 aromatic heterocycles. The molecule has 20 heavy (non-hydrogen) atoms. The third-order valence-electron chi connectivity index (χ3n) is 3.36. The van der Waals surface area contributed by atoms with Gasteiger partial charge in [-0.3, -0.25) is 0 Å². The summed E-state index contributed by atoms with van der Waals surface area (Å²) >= 11 is 0. The molecule has 3 nitrogen and oxygen atoms in total. The summed E-state index contributed by atoms with van der Waals surface area (Å²) in [6, 6.07) is 5.42. The van der Waals surface area contributed by atoms with Gasteiger partial charge >= 0.3 is 6.18 Å². The zero-order valence-electron chi connectivity index (χ0n) is 10.9. The number of hydrogen-bond donors (Lipinski definition) is 2. The fourth-order valence-electron chi connectivity index (χ4n) is 2.35. The molecular weight excluding hydrogens is 267 g/mol. The number of hydrogen-bond acceptors (Lipinski definition) is 3. The minimum atomic E-state index is -4.49. The summed E-state index contributed by atoms with van der Waals surface area (Å²) in [6.07, 6.45) is -1.34. The van der Waals surface area contributed by atoms with E-state index in [1.807, 2.05) is 0 Å². The molecule has 2 rings (SSSR count). The van der Waals surface area contributed by atoms with E-state index in [0.29, 0.717) is 5.69 Å². The van der Waals surface area contributed by atoms with Gasteiger partial charge in [0.05, 0.1) is 17.2 Å². The van der Waals surface area contributed by atoms with Gasteiger partial charge in [0, 0.05) is 18.3 Å². The summed E-state index contributed by atoms with van der Waals surface area (Å²) in [4.78, 5) is 0. The molecule has 6 heteroatoms. The van der Waals surface area contributed by atoms with Crippen LogP contribution < -0.4 is 10.6 Å². The van der Waals surface area contributed by atoms with Crippen molar-refractivity contribution in [3.63, 3.8) is 0 Å². The van der Waals surface area contributed by atoms with Crippen LogP contribution in [0.5, 0.6) is 0 Å². The van der Waals surface area contributed by atoms with Crippen molar-refractivity contribution in [2.45, 2.75) is 31.5 Å². The summed E-state index contributed by atoms with van der Waals surface area (Å²) in [5.41, 5.74) is -0.670. The molecule has 1 aromatic rings. The van der Waals surface area contributed by atoms with Crippen molar-refractivity contribution >= 4 is 5.69 Å². The Bertz CT molecular complexity index is 497. The van der Waals surface area contributed by atoms with Crippen LogP contribution in [0, 0.1) is 11.3 Å². The first kappa shape index (κ1) is 14.7. The van der Waals surface area contributed by atoms with Crippen molar-refractivity contribution in [2.75, 3.05) is 18.4 Å². The fraction of sp³-hybridized carbons (Fsp3) is 0.500. The lowest BCUT2D eigenvalue weighted by atomic mass is 10.1. The predicted molar refractivity (Wildman–Crippen MR) is 70.3 cm³/mol. The second-order valence-electron chi connectivity index (χ2n) is 4.91. The first-order valence-electron chi connectivity index (χ1n) is 6.59. The third kappa shape index (κ3) is 3.64. The monoisotopic (exact) mass is 283 g/mol. The van der Waals surface area contributed by atoms with Crippen LogP contribution in [0.3, 0.4) is 0 Å². The molecule has 0 radical (unpaired) electrons. The number of alkyl halides is 3. The normalized spacial score (nSPS) is 20.0. The maximum atomic E-state index is 12.7. The number of halogens is 3. The molecule has 1 saturated heterocycles. The number of benzene rings is 1. The smallest absolute Gasteiger partial charge is 0.381 e. The molecule has 1 heterocycles. The van der Waals surface area contributed by atoms with Crippen molar-refractivity contribution < 1.29 is 13.2 Å². The van der Waals surface area contributed by atoms with E-state index in [4.69, 9.17) is 5.26 Å². The third-order valence-corrected chi connectivity index (χ3v) is 3.36. The average molecular weight is 283 g/mol. The van der Waals surface area contributed by atoms with Crippen LogP contribution in [0.1, 0.15) is 30.4 Å². The Hall–Kier alpha value is -1.74. The van der Waals surface area contributed by atoms with E-state index in [1.54, 1.807) is 6.07 Å². The van der Waals surface area contributed by atoms with Crippen LogP contribution in [0.25, 0.3) is 0 Å². The van der Waals surface area contributed by atoms with Gasteiger partial charge < -0.3 is 10.6 Å². The predicted octanol–water partition coefficient (Wildman–Crippen LogP) is 3.13. The van der Waals surface area contributed by atoms with E-state index in [1.165, 1.54) is 12.1 Å². The largest absolute Gasteiger partial charge is 0.417 e. The lowest BCUT2D eigenvalue weighted by molar-refractivity contribution is -0.137. The standard InChI is InChI=1S/C14H16F3N3/c15-14(16,17)13-5-4-11(7-10(13)8-18)20-12-3-1-2-6-19-9-12/h4-5,7,12,19-20H,1-3,6,9H2. The lowest BCUT2D eigenvalue weighted by Gasteiger charge is -2.18. The van der Waals surface area contributed by atoms with Crippen LogP contribution >= 0.6 is 0 Å². The molecule has 0 aliphatic carbocycles. The van der Waals surface area contributed by atoms with Crippen molar-refractivity contribution in [3.05, 3.63) is 29.3 Å². The van der Waals surface area contributed by atoms with Crippen LogP contribution in [0.15, 0.2) is 18.2 Å². The Morgan fingerprint density at radius 1 is 1.30 bits per heavy atom. The highest BCUT2D eigenvalue weighted by Crippen LogP contribution is 2.33. The van der Waals surface area contributed by atoms with E-state index in [-0.39, 0.29) is 11.6 Å². The zero-order chi connectivity index (χ0) is 14.6. The maximum Gasteiger partial charge on any atom is 0.417 e. The highest BCUT2D eigenvalue weighted by molar-refractivity contribution is 5.54. The Kier molecular flexibility index (Phi) is 4.50. The van der Waals surface area contributed by atoms with E-state index < -0.39 is 11.7 Å². The fourth-order valence-corrected chi connectivity index (χ4v) is 2.35. The van der Waals surface area contributed by atoms with Crippen LogP contribution in [0.2, 0.25) is 0 Å². The SMILES string of the molecule is N#Cc1cc(NC2CCCCNC2)ccc1C(F)(F)F. The highest BCUT2D eigenvalue weighted by atomic mass is 19.4. The summed E-state index contributed by atoms with van der Waals surface area (Å²) in [6.45, 7) is 1.75. The van der Waals surface area contributed by atoms with Gasteiger partial charge in [-0.2, -0.15) is 18.4 Å². The Balaban J connectivity index is 2.15. The Morgan fingerprint density at radius 2 is 2.10 bits per heavy atom. The van der Waals surface area contributed by atoms with Crippen molar-refractivity contribution in [1.82, 2.24) is 5.32 Å². The van der Waals surface area contributed by atoms with E-state index in [9.17, 15) is 13.2 Å². The van der Waals surface area contributed by atoms with Gasteiger partial charge in [0.25, 0.3) is 0 Å². The Morgan fingerprint density at radius 3 is 2.80 bits per heavy atom. The summed E-state index contributed by atoms with van der Waals surface area (Å²) < 4.78 is 38.1. The molecular formula is C14H16F3N3. The Labute approximate surface area is 115 Å². The summed E-state index contributed by atoms with van der Waals surface area (Å²) in [5.74, 6) is 0. The van der Waals surface area contributed by atoms with Crippen LogP contribution in [-0.2, 0) is 6.18 Å².